The van der Waals surface area contributed by atoms with Gasteiger partial charge in [-0.3, -0.25) is 0 Å². The first-order valence-corrected chi connectivity index (χ1v) is 22.8. The third kappa shape index (κ3) is 5.69. The third-order valence-electron chi connectivity index (χ3n) is 12.8. The first-order valence-electron chi connectivity index (χ1n) is 20.8. The smallest absolute Gasteiger partial charge is 0.179 e. The first kappa shape index (κ1) is 35.9. The van der Waals surface area contributed by atoms with Crippen LogP contribution in [0.1, 0.15) is 25.0 Å². The van der Waals surface area contributed by atoms with Crippen LogP contribution < -0.4 is 25.6 Å². The molecule has 0 aliphatic heterocycles. The van der Waals surface area contributed by atoms with Crippen molar-refractivity contribution in [2.45, 2.75) is 19.3 Å². The Morgan fingerprint density at radius 1 is 0.367 bits per heavy atom. The van der Waals surface area contributed by atoms with E-state index in [0.29, 0.717) is 0 Å². The predicted molar refractivity (Wildman–Crippen MR) is 255 cm³/mol. The lowest BCUT2D eigenvalue weighted by Gasteiger charge is -2.34. The van der Waals surface area contributed by atoms with E-state index in [1.54, 1.807) is 0 Å². The highest BCUT2D eigenvalue weighted by Gasteiger charge is 2.41. The monoisotopic (exact) mass is 785 g/mol. The Morgan fingerprint density at radius 3 is 1.48 bits per heavy atom. The average Bonchev–Trinajstić information content (AvgIpc) is 3.79. The Labute approximate surface area is 352 Å². The second-order valence-electron chi connectivity index (χ2n) is 16.5. The van der Waals surface area contributed by atoms with Gasteiger partial charge in [-0.2, -0.15) is 0 Å². The molecule has 0 saturated heterocycles. The summed E-state index contributed by atoms with van der Waals surface area (Å²) in [6, 6.07) is 82.6. The van der Waals surface area contributed by atoms with E-state index in [1.807, 2.05) is 12.1 Å². The Hall–Kier alpha value is -7.20. The summed E-state index contributed by atoms with van der Waals surface area (Å²) < 4.78 is 6.28. The number of furan rings is 1. The Kier molecular flexibility index (Phi) is 8.54. The van der Waals surface area contributed by atoms with E-state index in [1.165, 1.54) is 54.1 Å². The van der Waals surface area contributed by atoms with Gasteiger partial charge in [-0.05, 0) is 103 Å². The highest BCUT2D eigenvalue weighted by Crippen LogP contribution is 2.51. The average molecular weight is 786 g/mol. The molecule has 0 fully saturated rings. The van der Waals surface area contributed by atoms with E-state index in [-0.39, 0.29) is 5.41 Å². The Balaban J connectivity index is 1.01. The highest BCUT2D eigenvalue weighted by atomic mass is 28.3. The van der Waals surface area contributed by atoms with Crippen LogP contribution in [0.3, 0.4) is 0 Å². The maximum atomic E-state index is 6.28. The normalized spacial score (nSPS) is 13.0. The van der Waals surface area contributed by atoms with E-state index in [9.17, 15) is 0 Å². The van der Waals surface area contributed by atoms with Gasteiger partial charge >= 0.3 is 0 Å². The van der Waals surface area contributed by atoms with Crippen molar-refractivity contribution in [3.05, 3.63) is 236 Å². The molecule has 10 aromatic rings. The van der Waals surface area contributed by atoms with Crippen molar-refractivity contribution in [3.8, 4) is 22.3 Å². The minimum atomic E-state index is -2.61. The highest BCUT2D eigenvalue weighted by molar-refractivity contribution is 7.19. The first-order chi connectivity index (χ1) is 29.5. The zero-order valence-electron chi connectivity index (χ0n) is 33.7. The van der Waals surface area contributed by atoms with Crippen LogP contribution in [0.15, 0.2) is 229 Å². The van der Waals surface area contributed by atoms with Crippen LogP contribution in [0.4, 0.5) is 17.1 Å². The minimum Gasteiger partial charge on any atom is -0.456 e. The standard InChI is InChI=1S/C57H43NOSi/c1-57(2)53-24-14-12-22-49(53)50-36-32-44(39-54(50)57)58(43-33-37-56-52(38-43)51-23-13-15-25-55(51)59-56)42-30-26-40(27-31-42)41-28-34-48(35-29-41)60(45-16-6-3-7-17-45,46-18-8-4-9-19-46)47-20-10-5-11-21-47/h3-39H,1-2H3. The molecule has 3 heteroatoms. The molecule has 60 heavy (non-hydrogen) atoms. The summed E-state index contributed by atoms with van der Waals surface area (Å²) in [5, 5.41) is 7.72. The van der Waals surface area contributed by atoms with Gasteiger partial charge in [-0.15, -0.1) is 0 Å². The number of rotatable bonds is 8. The van der Waals surface area contributed by atoms with Crippen molar-refractivity contribution < 1.29 is 4.42 Å². The van der Waals surface area contributed by atoms with Gasteiger partial charge in [0, 0.05) is 33.2 Å². The summed E-state index contributed by atoms with van der Waals surface area (Å²) in [5.74, 6) is 0. The van der Waals surface area contributed by atoms with E-state index < -0.39 is 8.07 Å². The summed E-state index contributed by atoms with van der Waals surface area (Å²) in [6.07, 6.45) is 0. The molecule has 0 atom stereocenters. The largest absolute Gasteiger partial charge is 0.456 e. The van der Waals surface area contributed by atoms with Crippen molar-refractivity contribution in [2.75, 3.05) is 4.90 Å². The van der Waals surface area contributed by atoms with Gasteiger partial charge in [0.05, 0.1) is 0 Å². The predicted octanol–water partition coefficient (Wildman–Crippen LogP) is 12.4. The molecular formula is C57H43NOSi. The lowest BCUT2D eigenvalue weighted by molar-refractivity contribution is 0.660. The summed E-state index contributed by atoms with van der Waals surface area (Å²) in [7, 11) is -2.61. The number of nitrogens with zero attached hydrogens (tertiary/aromatic N) is 1. The van der Waals surface area contributed by atoms with Crippen molar-refractivity contribution in [3.63, 3.8) is 0 Å². The van der Waals surface area contributed by atoms with Crippen LogP contribution >= 0.6 is 0 Å². The van der Waals surface area contributed by atoms with Crippen LogP contribution in [-0.2, 0) is 5.41 Å². The van der Waals surface area contributed by atoms with Gasteiger partial charge in [0.25, 0.3) is 0 Å². The fraction of sp³-hybridized carbons (Fsp3) is 0.0526. The van der Waals surface area contributed by atoms with Gasteiger partial charge < -0.3 is 9.32 Å². The molecule has 0 radical (unpaired) electrons. The molecule has 1 aliphatic rings. The summed E-state index contributed by atoms with van der Waals surface area (Å²) in [4.78, 5) is 2.40. The van der Waals surface area contributed by atoms with Crippen molar-refractivity contribution in [2.24, 2.45) is 0 Å². The molecule has 0 spiro atoms. The zero-order chi connectivity index (χ0) is 40.3. The van der Waals surface area contributed by atoms with Crippen LogP contribution in [-0.4, -0.2) is 8.07 Å². The third-order valence-corrected chi connectivity index (χ3v) is 17.6. The van der Waals surface area contributed by atoms with E-state index in [2.05, 4.69) is 231 Å². The SMILES string of the molecule is CC1(C)c2ccccc2-c2ccc(N(c3ccc(-c4ccc([Si](c5ccccc5)(c5ccccc5)c5ccccc5)cc4)cc3)c3ccc4oc5ccccc5c4c3)cc21. The Bertz CT molecular complexity index is 3050. The van der Waals surface area contributed by atoms with Gasteiger partial charge in [-0.1, -0.05) is 190 Å². The number of hydrogen-bond donors (Lipinski definition) is 0. The van der Waals surface area contributed by atoms with Crippen molar-refractivity contribution >= 4 is 67.8 Å². The lowest BCUT2D eigenvalue weighted by Crippen LogP contribution is -2.74. The van der Waals surface area contributed by atoms with Gasteiger partial charge in [-0.25, -0.2) is 0 Å². The zero-order valence-corrected chi connectivity index (χ0v) is 34.7. The Morgan fingerprint density at radius 2 is 0.833 bits per heavy atom. The van der Waals surface area contributed by atoms with Gasteiger partial charge in [0.15, 0.2) is 8.07 Å². The lowest BCUT2D eigenvalue weighted by atomic mass is 9.82. The number of hydrogen-bond acceptors (Lipinski definition) is 2. The molecule has 0 amide bonds. The van der Waals surface area contributed by atoms with Crippen LogP contribution in [0.2, 0.25) is 0 Å². The number of para-hydroxylation sites is 1. The second-order valence-corrected chi connectivity index (χ2v) is 20.3. The fourth-order valence-electron chi connectivity index (χ4n) is 9.91. The molecule has 2 nitrogen and oxygen atoms in total. The number of benzene rings is 9. The molecule has 0 bridgehead atoms. The molecule has 0 unspecified atom stereocenters. The van der Waals surface area contributed by atoms with Crippen LogP contribution in [0.25, 0.3) is 44.2 Å². The van der Waals surface area contributed by atoms with Crippen molar-refractivity contribution in [1.82, 2.24) is 0 Å². The molecule has 1 aromatic heterocycles. The second kappa shape index (κ2) is 14.3. The van der Waals surface area contributed by atoms with Crippen LogP contribution in [0.5, 0.6) is 0 Å². The summed E-state index contributed by atoms with van der Waals surface area (Å²) >= 11 is 0. The molecule has 9 aromatic carbocycles. The fourth-order valence-corrected chi connectivity index (χ4v) is 14.7. The van der Waals surface area contributed by atoms with E-state index in [0.717, 1.165) is 39.0 Å². The number of fused-ring (bicyclic) bond motifs is 6. The van der Waals surface area contributed by atoms with Crippen molar-refractivity contribution in [1.29, 1.82) is 0 Å². The summed E-state index contributed by atoms with van der Waals surface area (Å²) in [6.45, 7) is 4.70. The molecule has 0 N–H and O–H groups in total. The molecule has 1 aliphatic carbocycles. The van der Waals surface area contributed by atoms with E-state index in [4.69, 9.17) is 4.42 Å². The van der Waals surface area contributed by atoms with E-state index >= 15 is 0 Å². The number of anilines is 3. The quantitative estimate of drug-likeness (QED) is 0.113. The summed E-state index contributed by atoms with van der Waals surface area (Å²) in [5.41, 5.74) is 12.7. The molecule has 0 saturated carbocycles. The molecule has 1 heterocycles. The molecule has 286 valence electrons. The molecule has 11 rings (SSSR count). The maximum absolute atomic E-state index is 6.28. The topological polar surface area (TPSA) is 16.4 Å². The maximum Gasteiger partial charge on any atom is 0.179 e. The van der Waals surface area contributed by atoms with Crippen LogP contribution in [0, 0.1) is 0 Å². The van der Waals surface area contributed by atoms with Gasteiger partial charge in [0.1, 0.15) is 11.2 Å². The minimum absolute atomic E-state index is 0.115. The molecular weight excluding hydrogens is 743 g/mol. The van der Waals surface area contributed by atoms with Gasteiger partial charge in [0.2, 0.25) is 0 Å².